The number of carbonyl (C=O) groups is 1. The highest BCUT2D eigenvalue weighted by molar-refractivity contribution is 5.91. The van der Waals surface area contributed by atoms with E-state index in [1.54, 1.807) is 17.1 Å². The lowest BCUT2D eigenvalue weighted by Gasteiger charge is -2.05. The summed E-state index contributed by atoms with van der Waals surface area (Å²) in [4.78, 5) is 16.0. The summed E-state index contributed by atoms with van der Waals surface area (Å²) in [6.07, 6.45) is 3.26. The number of nitrogens with two attached hydrogens (primary N) is 1. The van der Waals surface area contributed by atoms with Crippen LogP contribution in [0.3, 0.4) is 0 Å². The van der Waals surface area contributed by atoms with Crippen LogP contribution >= 0.6 is 0 Å². The van der Waals surface area contributed by atoms with E-state index < -0.39 is 0 Å². The lowest BCUT2D eigenvalue weighted by Crippen LogP contribution is -2.23. The number of nitrogens with one attached hydrogen (secondary N) is 1. The van der Waals surface area contributed by atoms with E-state index in [-0.39, 0.29) is 12.5 Å². The number of amides is 1. The Kier molecular flexibility index (Phi) is 4.86. The lowest BCUT2D eigenvalue weighted by molar-refractivity contribution is 0.0946. The van der Waals surface area contributed by atoms with Crippen molar-refractivity contribution in [2.24, 2.45) is 5.73 Å². The second-order valence-electron chi connectivity index (χ2n) is 4.45. The van der Waals surface area contributed by atoms with E-state index >= 15 is 0 Å². The Bertz CT molecular complexity index is 580. The molecule has 2 aromatic rings. The van der Waals surface area contributed by atoms with Gasteiger partial charge >= 0.3 is 0 Å². The maximum Gasteiger partial charge on any atom is 0.271 e. The van der Waals surface area contributed by atoms with Crippen LogP contribution in [-0.4, -0.2) is 27.1 Å². The van der Waals surface area contributed by atoms with Gasteiger partial charge in [0.05, 0.1) is 12.9 Å². The predicted octanol–water partition coefficient (Wildman–Crippen LogP) is 0.264. The van der Waals surface area contributed by atoms with Gasteiger partial charge < -0.3 is 20.7 Å². The van der Waals surface area contributed by atoms with Gasteiger partial charge in [-0.25, -0.2) is 4.98 Å². The maximum atomic E-state index is 11.9. The summed E-state index contributed by atoms with van der Waals surface area (Å²) in [6, 6.07) is 7.43. The molecular formula is C14H18N4O2. The minimum absolute atomic E-state index is 0.00865. The van der Waals surface area contributed by atoms with Crippen LogP contribution in [0.15, 0.2) is 36.8 Å². The molecule has 0 bridgehead atoms. The van der Waals surface area contributed by atoms with Crippen LogP contribution in [0.25, 0.3) is 0 Å². The van der Waals surface area contributed by atoms with Gasteiger partial charge in [0, 0.05) is 25.8 Å². The summed E-state index contributed by atoms with van der Waals surface area (Å²) >= 11 is 0. The molecule has 0 aliphatic rings. The first-order valence-electron chi connectivity index (χ1n) is 6.41. The highest BCUT2D eigenvalue weighted by Gasteiger charge is 2.08. The fourth-order valence-corrected chi connectivity index (χ4v) is 1.86. The SMILES string of the molecule is NCCn1cnc(C(=O)NCc2cccc(CO)c2)c1. The first-order valence-corrected chi connectivity index (χ1v) is 6.41. The number of hydrogen-bond donors (Lipinski definition) is 3. The fraction of sp³-hybridized carbons (Fsp3) is 0.286. The first-order chi connectivity index (χ1) is 9.72. The number of imidazole rings is 1. The highest BCUT2D eigenvalue weighted by atomic mass is 16.3. The average Bonchev–Trinajstić information content (AvgIpc) is 2.94. The van der Waals surface area contributed by atoms with Crippen molar-refractivity contribution < 1.29 is 9.90 Å². The third-order valence-corrected chi connectivity index (χ3v) is 2.88. The van der Waals surface area contributed by atoms with Crippen molar-refractivity contribution in [2.75, 3.05) is 6.54 Å². The molecular weight excluding hydrogens is 256 g/mol. The molecule has 1 amide bonds. The average molecular weight is 274 g/mol. The molecule has 106 valence electrons. The summed E-state index contributed by atoms with van der Waals surface area (Å²) in [5, 5.41) is 11.9. The second kappa shape index (κ2) is 6.83. The number of rotatable bonds is 6. The van der Waals surface area contributed by atoms with Gasteiger partial charge in [-0.15, -0.1) is 0 Å². The van der Waals surface area contributed by atoms with Gasteiger partial charge in [-0.1, -0.05) is 24.3 Å². The van der Waals surface area contributed by atoms with Crippen molar-refractivity contribution in [3.63, 3.8) is 0 Å². The number of aliphatic hydroxyl groups excluding tert-OH is 1. The largest absolute Gasteiger partial charge is 0.392 e. The van der Waals surface area contributed by atoms with Gasteiger partial charge in [-0.2, -0.15) is 0 Å². The van der Waals surface area contributed by atoms with E-state index in [1.165, 1.54) is 0 Å². The molecule has 20 heavy (non-hydrogen) atoms. The topological polar surface area (TPSA) is 93.2 Å². The van der Waals surface area contributed by atoms with Crippen LogP contribution in [0.4, 0.5) is 0 Å². The van der Waals surface area contributed by atoms with Crippen molar-refractivity contribution in [2.45, 2.75) is 19.7 Å². The van der Waals surface area contributed by atoms with E-state index in [1.807, 2.05) is 24.3 Å². The predicted molar refractivity (Wildman–Crippen MR) is 74.8 cm³/mol. The van der Waals surface area contributed by atoms with Crippen molar-refractivity contribution in [3.05, 3.63) is 53.6 Å². The summed E-state index contributed by atoms with van der Waals surface area (Å²) in [5.74, 6) is -0.227. The van der Waals surface area contributed by atoms with Gasteiger partial charge in [0.15, 0.2) is 0 Å². The molecule has 1 heterocycles. The van der Waals surface area contributed by atoms with E-state index in [0.717, 1.165) is 11.1 Å². The zero-order valence-electron chi connectivity index (χ0n) is 11.1. The van der Waals surface area contributed by atoms with Crippen LogP contribution in [0, 0.1) is 0 Å². The number of nitrogens with zero attached hydrogens (tertiary/aromatic N) is 2. The molecule has 1 aromatic heterocycles. The van der Waals surface area contributed by atoms with Crippen LogP contribution in [-0.2, 0) is 19.7 Å². The Hall–Kier alpha value is -2.18. The Morgan fingerprint density at radius 3 is 2.95 bits per heavy atom. The molecule has 0 aliphatic carbocycles. The normalized spacial score (nSPS) is 10.5. The van der Waals surface area contributed by atoms with Crippen molar-refractivity contribution in [1.82, 2.24) is 14.9 Å². The van der Waals surface area contributed by atoms with Gasteiger partial charge in [0.25, 0.3) is 5.91 Å². The lowest BCUT2D eigenvalue weighted by atomic mass is 10.1. The molecule has 0 fully saturated rings. The quantitative estimate of drug-likeness (QED) is 0.704. The molecule has 4 N–H and O–H groups in total. The van der Waals surface area contributed by atoms with E-state index in [9.17, 15) is 4.79 Å². The molecule has 1 aromatic carbocycles. The zero-order chi connectivity index (χ0) is 14.4. The van der Waals surface area contributed by atoms with Gasteiger partial charge in [0.1, 0.15) is 5.69 Å². The monoisotopic (exact) mass is 274 g/mol. The Balaban J connectivity index is 1.93. The summed E-state index contributed by atoms with van der Waals surface area (Å²) in [5.41, 5.74) is 7.57. The Morgan fingerprint density at radius 1 is 1.40 bits per heavy atom. The van der Waals surface area contributed by atoms with Crippen LogP contribution in [0.2, 0.25) is 0 Å². The van der Waals surface area contributed by atoms with Crippen molar-refractivity contribution >= 4 is 5.91 Å². The number of hydrogen-bond acceptors (Lipinski definition) is 4. The van der Waals surface area contributed by atoms with Gasteiger partial charge in [-0.05, 0) is 11.1 Å². The van der Waals surface area contributed by atoms with Crippen molar-refractivity contribution in [3.8, 4) is 0 Å². The van der Waals surface area contributed by atoms with Crippen LogP contribution in [0.5, 0.6) is 0 Å². The van der Waals surface area contributed by atoms with E-state index in [4.69, 9.17) is 10.8 Å². The van der Waals surface area contributed by atoms with E-state index in [0.29, 0.717) is 25.3 Å². The maximum absolute atomic E-state index is 11.9. The summed E-state index contributed by atoms with van der Waals surface area (Å²) in [6.45, 7) is 1.53. The van der Waals surface area contributed by atoms with Crippen LogP contribution in [0.1, 0.15) is 21.6 Å². The Labute approximate surface area is 117 Å². The molecule has 0 aliphatic heterocycles. The minimum Gasteiger partial charge on any atom is -0.392 e. The standard InChI is InChI=1S/C14H18N4O2/c15-4-5-18-8-13(17-10-18)14(20)16-7-11-2-1-3-12(6-11)9-19/h1-3,6,8,10,19H,4-5,7,9,15H2,(H,16,20). The number of aliphatic hydroxyl groups is 1. The molecule has 0 spiro atoms. The molecule has 0 unspecified atom stereocenters. The molecule has 0 saturated heterocycles. The number of carbonyl (C=O) groups excluding carboxylic acids is 1. The highest BCUT2D eigenvalue weighted by Crippen LogP contribution is 2.05. The molecule has 0 saturated carbocycles. The number of aromatic nitrogens is 2. The third kappa shape index (κ3) is 3.66. The van der Waals surface area contributed by atoms with Gasteiger partial charge in [0.2, 0.25) is 0 Å². The van der Waals surface area contributed by atoms with Gasteiger partial charge in [-0.3, -0.25) is 4.79 Å². The zero-order valence-corrected chi connectivity index (χ0v) is 11.1. The fourth-order valence-electron chi connectivity index (χ4n) is 1.86. The van der Waals surface area contributed by atoms with E-state index in [2.05, 4.69) is 10.3 Å². The second-order valence-corrected chi connectivity index (χ2v) is 4.45. The molecule has 6 heteroatoms. The molecule has 0 radical (unpaired) electrons. The summed E-state index contributed by atoms with van der Waals surface area (Å²) < 4.78 is 1.78. The summed E-state index contributed by atoms with van der Waals surface area (Å²) in [7, 11) is 0. The molecule has 0 atom stereocenters. The first kappa shape index (κ1) is 14.2. The third-order valence-electron chi connectivity index (χ3n) is 2.88. The van der Waals surface area contributed by atoms with Crippen LogP contribution < -0.4 is 11.1 Å². The smallest absolute Gasteiger partial charge is 0.271 e. The molecule has 6 nitrogen and oxygen atoms in total. The minimum atomic E-state index is -0.227. The molecule has 2 rings (SSSR count). The van der Waals surface area contributed by atoms with Crippen molar-refractivity contribution in [1.29, 1.82) is 0 Å². The number of benzene rings is 1. The Morgan fingerprint density at radius 2 is 2.20 bits per heavy atom.